The summed E-state index contributed by atoms with van der Waals surface area (Å²) in [7, 11) is 1.93. The number of anilines is 1. The zero-order valence-electron chi connectivity index (χ0n) is 19.7. The Hall–Kier alpha value is -3.05. The second kappa shape index (κ2) is 10.3. The van der Waals surface area contributed by atoms with Crippen LogP contribution in [0.2, 0.25) is 0 Å². The fourth-order valence-corrected chi connectivity index (χ4v) is 4.77. The minimum atomic E-state index is -0.964. The van der Waals surface area contributed by atoms with E-state index in [4.69, 9.17) is 9.47 Å². The smallest absolute Gasteiger partial charge is 0.318 e. The molecule has 3 aliphatic rings. The van der Waals surface area contributed by atoms with Crippen LogP contribution in [0.1, 0.15) is 24.1 Å². The van der Waals surface area contributed by atoms with E-state index in [1.807, 2.05) is 18.1 Å². The van der Waals surface area contributed by atoms with E-state index < -0.39 is 11.6 Å². The van der Waals surface area contributed by atoms with Gasteiger partial charge >= 0.3 is 6.03 Å². The number of rotatable bonds is 5. The van der Waals surface area contributed by atoms with Crippen LogP contribution in [0, 0.1) is 11.6 Å². The maximum Gasteiger partial charge on any atom is 0.318 e. The van der Waals surface area contributed by atoms with Crippen molar-refractivity contribution in [3.63, 3.8) is 0 Å². The number of aromatic nitrogens is 2. The average molecular weight is 489 g/mol. The van der Waals surface area contributed by atoms with Crippen molar-refractivity contribution < 1.29 is 23.0 Å². The van der Waals surface area contributed by atoms with Gasteiger partial charge in [-0.25, -0.2) is 23.5 Å². The number of fused-ring (bicyclic) bond motifs is 1. The highest BCUT2D eigenvalue weighted by Gasteiger charge is 2.35. The highest BCUT2D eigenvalue weighted by Crippen LogP contribution is 2.22. The largest absolute Gasteiger partial charge is 0.487 e. The average Bonchev–Trinajstić information content (AvgIpc) is 3.19. The summed E-state index contributed by atoms with van der Waals surface area (Å²) in [6.45, 7) is 3.56. The van der Waals surface area contributed by atoms with Crippen LogP contribution in [-0.2, 0) is 17.7 Å². The molecule has 0 spiro atoms. The molecule has 0 unspecified atom stereocenters. The van der Waals surface area contributed by atoms with Crippen LogP contribution in [0.15, 0.2) is 24.4 Å². The maximum atomic E-state index is 13.6. The molecule has 2 fully saturated rings. The molecule has 4 heterocycles. The quantitative estimate of drug-likeness (QED) is 0.667. The molecule has 1 aromatic heterocycles. The lowest BCUT2D eigenvalue weighted by molar-refractivity contribution is 0.0903. The first-order valence-corrected chi connectivity index (χ1v) is 12.0. The molecule has 9 nitrogen and oxygen atoms in total. The van der Waals surface area contributed by atoms with E-state index in [-0.39, 0.29) is 30.0 Å². The van der Waals surface area contributed by atoms with Crippen molar-refractivity contribution in [3.05, 3.63) is 47.3 Å². The predicted molar refractivity (Wildman–Crippen MR) is 124 cm³/mol. The van der Waals surface area contributed by atoms with E-state index in [1.54, 1.807) is 4.90 Å². The first-order chi connectivity index (χ1) is 16.9. The van der Waals surface area contributed by atoms with Crippen molar-refractivity contribution >= 4 is 12.0 Å². The molecule has 0 saturated carbocycles. The highest BCUT2D eigenvalue weighted by molar-refractivity contribution is 5.75. The Morgan fingerprint density at radius 3 is 2.83 bits per heavy atom. The standard InChI is InChI=1S/C24H30F2N6O3/c1-31-12-21(22(14-31)35-17-2-3-18(25)19(26)10-17)30-24(33)32-7-4-15-11-27-23(29-20(15)13-32)28-16-5-8-34-9-6-16/h2-3,10-11,16,21-22H,4-9,12-14H2,1H3,(H,30,33)(H,27,28,29)/t21-,22-/m1/s1. The van der Waals surface area contributed by atoms with Gasteiger partial charge in [0.25, 0.3) is 0 Å². The van der Waals surface area contributed by atoms with Crippen LogP contribution in [0.4, 0.5) is 19.5 Å². The number of hydrogen-bond acceptors (Lipinski definition) is 7. The first kappa shape index (κ1) is 23.7. The van der Waals surface area contributed by atoms with Crippen LogP contribution in [0.5, 0.6) is 5.75 Å². The number of likely N-dealkylation sites (tertiary alicyclic amines) is 1. The third-order valence-corrected chi connectivity index (χ3v) is 6.72. The Bertz CT molecular complexity index is 1070. The Morgan fingerprint density at radius 2 is 2.03 bits per heavy atom. The van der Waals surface area contributed by atoms with E-state index in [0.29, 0.717) is 38.5 Å². The number of carbonyl (C=O) groups excluding carboxylic acids is 1. The number of amides is 2. The van der Waals surface area contributed by atoms with Crippen LogP contribution >= 0.6 is 0 Å². The molecule has 2 amide bonds. The zero-order chi connectivity index (χ0) is 24.4. The second-order valence-corrected chi connectivity index (χ2v) is 9.38. The van der Waals surface area contributed by atoms with E-state index >= 15 is 0 Å². The Balaban J connectivity index is 1.21. The number of hydrogen-bond donors (Lipinski definition) is 2. The lowest BCUT2D eigenvalue weighted by Crippen LogP contribution is -2.51. The molecule has 1 aromatic carbocycles. The summed E-state index contributed by atoms with van der Waals surface area (Å²) >= 11 is 0. The molecule has 2 N–H and O–H groups in total. The highest BCUT2D eigenvalue weighted by atomic mass is 19.2. The minimum absolute atomic E-state index is 0.201. The van der Waals surface area contributed by atoms with Crippen LogP contribution in [0.25, 0.3) is 0 Å². The Labute approximate surface area is 202 Å². The minimum Gasteiger partial charge on any atom is -0.487 e. The molecule has 5 rings (SSSR count). The van der Waals surface area contributed by atoms with E-state index in [2.05, 4.69) is 20.6 Å². The lowest BCUT2D eigenvalue weighted by atomic mass is 10.1. The molecule has 2 aromatic rings. The molecule has 188 valence electrons. The van der Waals surface area contributed by atoms with Crippen molar-refractivity contribution in [3.8, 4) is 5.75 Å². The summed E-state index contributed by atoms with van der Waals surface area (Å²) in [5.41, 5.74) is 1.89. The van der Waals surface area contributed by atoms with Gasteiger partial charge in [0.2, 0.25) is 5.95 Å². The summed E-state index contributed by atoms with van der Waals surface area (Å²) in [5.74, 6) is -1.08. The number of nitrogens with zero attached hydrogens (tertiary/aromatic N) is 4. The van der Waals surface area contributed by atoms with E-state index in [9.17, 15) is 13.6 Å². The van der Waals surface area contributed by atoms with Crippen LogP contribution in [0.3, 0.4) is 0 Å². The molecular weight excluding hydrogens is 458 g/mol. The Kier molecular flexibility index (Phi) is 6.96. The van der Waals surface area contributed by atoms with Gasteiger partial charge in [0, 0.05) is 51.2 Å². The number of carbonyl (C=O) groups is 1. The van der Waals surface area contributed by atoms with Crippen LogP contribution < -0.4 is 15.4 Å². The summed E-state index contributed by atoms with van der Waals surface area (Å²) in [6.07, 6.45) is 3.97. The van der Waals surface area contributed by atoms with Gasteiger partial charge in [-0.15, -0.1) is 0 Å². The Morgan fingerprint density at radius 1 is 1.20 bits per heavy atom. The van der Waals surface area contributed by atoms with Crippen LogP contribution in [-0.4, -0.2) is 83.9 Å². The maximum absolute atomic E-state index is 13.6. The molecular formula is C24H30F2N6O3. The molecule has 11 heteroatoms. The number of ether oxygens (including phenoxy) is 2. The topological polar surface area (TPSA) is 91.9 Å². The fourth-order valence-electron chi connectivity index (χ4n) is 4.77. The monoisotopic (exact) mass is 488 g/mol. The molecule has 2 saturated heterocycles. The third kappa shape index (κ3) is 5.62. The van der Waals surface area contributed by atoms with Gasteiger partial charge in [-0.1, -0.05) is 0 Å². The first-order valence-electron chi connectivity index (χ1n) is 12.0. The number of nitrogens with one attached hydrogen (secondary N) is 2. The predicted octanol–water partition coefficient (Wildman–Crippen LogP) is 2.17. The number of urea groups is 1. The fraction of sp³-hybridized carbons (Fsp3) is 0.542. The number of benzene rings is 1. The SMILES string of the molecule is CN1C[C@@H](NC(=O)N2CCc3cnc(NC4CCOCC4)nc3C2)[C@H](Oc2ccc(F)c(F)c2)C1. The molecule has 35 heavy (non-hydrogen) atoms. The van der Waals surface area contributed by atoms with E-state index in [1.165, 1.54) is 6.07 Å². The lowest BCUT2D eigenvalue weighted by Gasteiger charge is -2.31. The molecule has 0 bridgehead atoms. The third-order valence-electron chi connectivity index (χ3n) is 6.72. The summed E-state index contributed by atoms with van der Waals surface area (Å²) in [4.78, 5) is 26.0. The van der Waals surface area contributed by atoms with Gasteiger partial charge in [-0.3, -0.25) is 0 Å². The molecule has 3 aliphatic heterocycles. The van der Waals surface area contributed by atoms with Gasteiger partial charge in [0.1, 0.15) is 11.9 Å². The zero-order valence-corrected chi connectivity index (χ0v) is 19.7. The van der Waals surface area contributed by atoms with Crippen molar-refractivity contribution in [2.75, 3.05) is 45.2 Å². The van der Waals surface area contributed by atoms with E-state index in [0.717, 1.165) is 49.4 Å². The molecule has 2 atom stereocenters. The molecule has 0 radical (unpaired) electrons. The number of likely N-dealkylation sites (N-methyl/N-ethyl adjacent to an activating group) is 1. The summed E-state index contributed by atoms with van der Waals surface area (Å²) < 4.78 is 38.2. The summed E-state index contributed by atoms with van der Waals surface area (Å²) in [5, 5.41) is 6.45. The van der Waals surface area contributed by atoms with Crippen molar-refractivity contribution in [2.45, 2.75) is 44.0 Å². The summed E-state index contributed by atoms with van der Waals surface area (Å²) in [6, 6.07) is 3.25. The van der Waals surface area contributed by atoms with Gasteiger partial charge in [0.05, 0.1) is 18.3 Å². The van der Waals surface area contributed by atoms with Gasteiger partial charge in [0.15, 0.2) is 11.6 Å². The van der Waals surface area contributed by atoms with Gasteiger partial charge in [-0.05, 0) is 44.0 Å². The van der Waals surface area contributed by atoms with Gasteiger partial charge < -0.3 is 29.9 Å². The normalized spacial score (nSPS) is 23.1. The van der Waals surface area contributed by atoms with Crippen molar-refractivity contribution in [1.29, 1.82) is 0 Å². The second-order valence-electron chi connectivity index (χ2n) is 9.38. The van der Waals surface area contributed by atoms with Crippen molar-refractivity contribution in [2.24, 2.45) is 0 Å². The van der Waals surface area contributed by atoms with Gasteiger partial charge in [-0.2, -0.15) is 0 Å². The molecule has 0 aliphatic carbocycles. The number of halogens is 2. The van der Waals surface area contributed by atoms with Crippen molar-refractivity contribution in [1.82, 2.24) is 25.1 Å².